The van der Waals surface area contributed by atoms with Gasteiger partial charge in [-0.25, -0.2) is 9.48 Å². The number of carboxylic acids is 1. The van der Waals surface area contributed by atoms with Crippen molar-refractivity contribution in [3.8, 4) is 0 Å². The van der Waals surface area contributed by atoms with Crippen molar-refractivity contribution in [2.24, 2.45) is 5.92 Å². The number of nitrogens with zero attached hydrogens (tertiary/aromatic N) is 3. The van der Waals surface area contributed by atoms with Gasteiger partial charge >= 0.3 is 12.1 Å². The normalized spacial score (nSPS) is 15.6. The lowest BCUT2D eigenvalue weighted by molar-refractivity contribution is -0.142. The van der Waals surface area contributed by atoms with E-state index in [4.69, 9.17) is 5.11 Å². The van der Waals surface area contributed by atoms with Crippen LogP contribution < -0.4 is 5.32 Å². The maximum atomic E-state index is 12.6. The number of carboxylic acid groups (broad SMARTS) is 1. The number of alkyl halides is 3. The van der Waals surface area contributed by atoms with Gasteiger partial charge in [0.2, 0.25) is 5.91 Å². The van der Waals surface area contributed by atoms with Crippen molar-refractivity contribution < 1.29 is 27.9 Å². The van der Waals surface area contributed by atoms with Gasteiger partial charge in [-0.05, 0) is 12.8 Å². The van der Waals surface area contributed by atoms with E-state index in [0.29, 0.717) is 4.68 Å². The van der Waals surface area contributed by atoms with Crippen molar-refractivity contribution in [3.63, 3.8) is 0 Å². The van der Waals surface area contributed by atoms with Gasteiger partial charge in [-0.15, -0.1) is 0 Å². The third-order valence-electron chi connectivity index (χ3n) is 3.53. The van der Waals surface area contributed by atoms with Crippen LogP contribution in [0.25, 0.3) is 10.3 Å². The largest absolute Gasteiger partial charge is 0.476 e. The second kappa shape index (κ2) is 5.48. The van der Waals surface area contributed by atoms with Crippen LogP contribution in [0.4, 0.5) is 18.3 Å². The first-order chi connectivity index (χ1) is 10.7. The molecule has 0 aliphatic heterocycles. The minimum atomic E-state index is -4.56. The Morgan fingerprint density at radius 2 is 2.09 bits per heavy atom. The maximum absolute atomic E-state index is 12.6. The van der Waals surface area contributed by atoms with E-state index < -0.39 is 24.4 Å². The predicted molar refractivity (Wildman–Crippen MR) is 74.4 cm³/mol. The Bertz CT molecular complexity index is 778. The summed E-state index contributed by atoms with van der Waals surface area (Å²) in [6.45, 7) is -1.45. The van der Waals surface area contributed by atoms with Crippen LogP contribution in [0, 0.1) is 5.92 Å². The van der Waals surface area contributed by atoms with Crippen LogP contribution in [0.2, 0.25) is 0 Å². The second-order valence-corrected chi connectivity index (χ2v) is 6.21. The summed E-state index contributed by atoms with van der Waals surface area (Å²) in [6, 6.07) is 0. The Kier molecular flexibility index (Phi) is 3.74. The molecule has 3 rings (SSSR count). The van der Waals surface area contributed by atoms with Crippen LogP contribution in [0.5, 0.6) is 0 Å². The van der Waals surface area contributed by atoms with Crippen molar-refractivity contribution in [2.75, 3.05) is 5.32 Å². The number of halogens is 3. The number of hydrogen-bond donors (Lipinski definition) is 2. The number of amides is 1. The molecule has 1 amide bonds. The molecule has 2 N–H and O–H groups in total. The molecule has 0 spiro atoms. The Hall–Kier alpha value is -2.17. The molecular formula is C12H11F3N4O3S. The summed E-state index contributed by atoms with van der Waals surface area (Å²) in [7, 11) is 0. The van der Waals surface area contributed by atoms with Crippen molar-refractivity contribution >= 4 is 38.7 Å². The molecule has 0 aromatic carbocycles. The third-order valence-corrected chi connectivity index (χ3v) is 4.49. The van der Waals surface area contributed by atoms with E-state index >= 15 is 0 Å². The molecule has 0 saturated heterocycles. The number of anilines is 1. The summed E-state index contributed by atoms with van der Waals surface area (Å²) in [4.78, 5) is 26.9. The molecule has 2 aromatic heterocycles. The molecule has 0 radical (unpaired) electrons. The van der Waals surface area contributed by atoms with E-state index in [9.17, 15) is 22.8 Å². The summed E-state index contributed by atoms with van der Waals surface area (Å²) >= 11 is 0.805. The van der Waals surface area contributed by atoms with Crippen LogP contribution in [0.1, 0.15) is 29.8 Å². The highest BCUT2D eigenvalue weighted by molar-refractivity contribution is 7.22. The summed E-state index contributed by atoms with van der Waals surface area (Å²) in [5, 5.41) is 15.1. The Labute approximate surface area is 131 Å². The summed E-state index contributed by atoms with van der Waals surface area (Å²) in [5.41, 5.74) is -0.709. The summed E-state index contributed by atoms with van der Waals surface area (Å²) in [5.74, 6) is -1.82. The highest BCUT2D eigenvalue weighted by Crippen LogP contribution is 2.33. The molecule has 0 bridgehead atoms. The fourth-order valence-electron chi connectivity index (χ4n) is 2.21. The van der Waals surface area contributed by atoms with E-state index in [0.717, 1.165) is 30.6 Å². The lowest BCUT2D eigenvalue weighted by Crippen LogP contribution is -2.28. The first kappa shape index (κ1) is 15.7. The molecular weight excluding hydrogens is 337 g/mol. The highest BCUT2D eigenvalue weighted by Gasteiger charge is 2.32. The van der Waals surface area contributed by atoms with Gasteiger partial charge in [-0.2, -0.15) is 23.3 Å². The Morgan fingerprint density at radius 3 is 2.61 bits per heavy atom. The molecule has 0 atom stereocenters. The topological polar surface area (TPSA) is 97.1 Å². The van der Waals surface area contributed by atoms with Crippen molar-refractivity contribution in [2.45, 2.75) is 32.0 Å². The zero-order chi connectivity index (χ0) is 16.8. The molecule has 1 aliphatic carbocycles. The minimum absolute atomic E-state index is 0.00524. The van der Waals surface area contributed by atoms with Gasteiger partial charge in [0, 0.05) is 5.92 Å². The van der Waals surface area contributed by atoms with Crippen LogP contribution in [-0.4, -0.2) is 37.9 Å². The quantitative estimate of drug-likeness (QED) is 0.885. The molecule has 2 heterocycles. The minimum Gasteiger partial charge on any atom is -0.476 e. The second-order valence-electron chi connectivity index (χ2n) is 5.22. The SMILES string of the molecule is O=C(O)c1nn(CC(F)(F)F)c2nc(NC(=O)C3CCC3)sc12. The molecule has 1 fully saturated rings. The third kappa shape index (κ3) is 3.14. The molecule has 23 heavy (non-hydrogen) atoms. The molecule has 124 valence electrons. The average molecular weight is 348 g/mol. The molecule has 1 saturated carbocycles. The number of carbonyl (C=O) groups excluding carboxylic acids is 1. The van der Waals surface area contributed by atoms with Crippen LogP contribution >= 0.6 is 11.3 Å². The zero-order valence-electron chi connectivity index (χ0n) is 11.6. The van der Waals surface area contributed by atoms with E-state index in [1.54, 1.807) is 0 Å². The fourth-order valence-corrected chi connectivity index (χ4v) is 3.15. The molecule has 2 aromatic rings. The standard InChI is InChI=1S/C12H11F3N4O3S/c13-12(14,15)4-19-8-7(6(18-19)10(21)22)23-11(16-8)17-9(20)5-2-1-3-5/h5H,1-4H2,(H,21,22)(H,16,17,20). The van der Waals surface area contributed by atoms with Crippen molar-refractivity contribution in [3.05, 3.63) is 5.69 Å². The first-order valence-corrected chi connectivity index (χ1v) is 7.54. The molecule has 1 aliphatic rings. The van der Waals surface area contributed by atoms with Gasteiger partial charge in [0.1, 0.15) is 11.2 Å². The molecule has 7 nitrogen and oxygen atoms in total. The lowest BCUT2D eigenvalue weighted by atomic mass is 9.85. The van der Waals surface area contributed by atoms with Gasteiger partial charge < -0.3 is 10.4 Å². The number of thiazole rings is 1. The maximum Gasteiger partial charge on any atom is 0.408 e. The van der Waals surface area contributed by atoms with E-state index in [-0.39, 0.29) is 27.3 Å². The highest BCUT2D eigenvalue weighted by atomic mass is 32.1. The van der Waals surface area contributed by atoms with Crippen LogP contribution in [0.15, 0.2) is 0 Å². The predicted octanol–water partition coefficient (Wildman–Crippen LogP) is 2.49. The van der Waals surface area contributed by atoms with Gasteiger partial charge in [0.15, 0.2) is 16.5 Å². The number of fused-ring (bicyclic) bond motifs is 1. The Balaban J connectivity index is 1.94. The van der Waals surface area contributed by atoms with Crippen LogP contribution in [-0.2, 0) is 11.3 Å². The van der Waals surface area contributed by atoms with Crippen LogP contribution in [0.3, 0.4) is 0 Å². The van der Waals surface area contributed by atoms with Gasteiger partial charge in [-0.3, -0.25) is 4.79 Å². The van der Waals surface area contributed by atoms with Crippen molar-refractivity contribution in [1.29, 1.82) is 0 Å². The fraction of sp³-hybridized carbons (Fsp3) is 0.500. The van der Waals surface area contributed by atoms with Gasteiger partial charge in [0.25, 0.3) is 0 Å². The zero-order valence-corrected chi connectivity index (χ0v) is 12.4. The lowest BCUT2D eigenvalue weighted by Gasteiger charge is -2.23. The summed E-state index contributed by atoms with van der Waals surface area (Å²) in [6.07, 6.45) is -2.08. The van der Waals surface area contributed by atoms with Gasteiger partial charge in [0.05, 0.1) is 0 Å². The van der Waals surface area contributed by atoms with Crippen molar-refractivity contribution in [1.82, 2.24) is 14.8 Å². The Morgan fingerprint density at radius 1 is 1.39 bits per heavy atom. The number of carbonyl (C=O) groups is 2. The number of hydrogen-bond acceptors (Lipinski definition) is 5. The summed E-state index contributed by atoms with van der Waals surface area (Å²) < 4.78 is 38.2. The van der Waals surface area contributed by atoms with E-state index in [2.05, 4.69) is 15.4 Å². The molecule has 11 heteroatoms. The van der Waals surface area contributed by atoms with Gasteiger partial charge in [-0.1, -0.05) is 17.8 Å². The average Bonchev–Trinajstić information content (AvgIpc) is 2.85. The van der Waals surface area contributed by atoms with E-state index in [1.807, 2.05) is 0 Å². The number of aromatic carboxylic acids is 1. The number of rotatable bonds is 4. The smallest absolute Gasteiger partial charge is 0.408 e. The molecule has 0 unspecified atom stereocenters. The number of nitrogens with one attached hydrogen (secondary N) is 1. The number of aromatic nitrogens is 3. The first-order valence-electron chi connectivity index (χ1n) is 6.73. The van der Waals surface area contributed by atoms with E-state index in [1.165, 1.54) is 0 Å². The monoisotopic (exact) mass is 348 g/mol.